The fourth-order valence-corrected chi connectivity index (χ4v) is 5.42. The topological polar surface area (TPSA) is 43.9 Å². The van der Waals surface area contributed by atoms with Gasteiger partial charge in [-0.1, -0.05) is 19.1 Å². The van der Waals surface area contributed by atoms with Crippen LogP contribution >= 0.6 is 0 Å². The summed E-state index contributed by atoms with van der Waals surface area (Å²) in [6, 6.07) is 6.70. The van der Waals surface area contributed by atoms with E-state index in [0.29, 0.717) is 42.5 Å². The molecule has 0 saturated carbocycles. The van der Waals surface area contributed by atoms with Crippen molar-refractivity contribution in [3.8, 4) is 0 Å². The van der Waals surface area contributed by atoms with Crippen LogP contribution in [0.15, 0.2) is 36.4 Å². The molecule has 2 aliphatic heterocycles. The van der Waals surface area contributed by atoms with Crippen molar-refractivity contribution < 1.29 is 27.2 Å². The summed E-state index contributed by atoms with van der Waals surface area (Å²) >= 11 is 0. The Bertz CT molecular complexity index is 1170. The van der Waals surface area contributed by atoms with Crippen LogP contribution in [0.5, 0.6) is 0 Å². The van der Waals surface area contributed by atoms with Crippen LogP contribution in [0.25, 0.3) is 0 Å². The summed E-state index contributed by atoms with van der Waals surface area (Å²) in [5.74, 6) is -0.346. The standard InChI is InChI=1S/C27H31F4N3O2/c1-5-18-13-19(15-20(14-18)27(29,30)31)17(3)32(4)26(36)34-11-10-33-23(8-9-24(33)35)25(34)22-7-6-21(28)12-16(22)2/h6-7,12-15,17,23,25H,5,8-11H2,1-4H3/t17-,23+,25?/m1/s1. The lowest BCUT2D eigenvalue weighted by atomic mass is 9.90. The number of hydrogen-bond acceptors (Lipinski definition) is 2. The Labute approximate surface area is 208 Å². The first-order valence-corrected chi connectivity index (χ1v) is 12.2. The van der Waals surface area contributed by atoms with Crippen LogP contribution in [0.2, 0.25) is 0 Å². The first-order chi connectivity index (χ1) is 16.9. The highest BCUT2D eigenvalue weighted by Gasteiger charge is 2.46. The van der Waals surface area contributed by atoms with Crippen molar-refractivity contribution in [2.24, 2.45) is 0 Å². The van der Waals surface area contributed by atoms with Gasteiger partial charge in [-0.15, -0.1) is 0 Å². The minimum atomic E-state index is -4.49. The maximum atomic E-state index is 13.9. The van der Waals surface area contributed by atoms with Gasteiger partial charge in [-0.3, -0.25) is 4.79 Å². The number of fused-ring (bicyclic) bond motifs is 1. The molecule has 2 aromatic carbocycles. The maximum absolute atomic E-state index is 13.9. The third-order valence-electron chi connectivity index (χ3n) is 7.57. The van der Waals surface area contributed by atoms with E-state index < -0.39 is 23.8 Å². The van der Waals surface area contributed by atoms with Crippen molar-refractivity contribution in [2.45, 2.75) is 64.3 Å². The zero-order chi connectivity index (χ0) is 26.4. The van der Waals surface area contributed by atoms with Crippen molar-refractivity contribution in [1.82, 2.24) is 14.7 Å². The van der Waals surface area contributed by atoms with Crippen LogP contribution < -0.4 is 0 Å². The van der Waals surface area contributed by atoms with Gasteiger partial charge in [0.25, 0.3) is 0 Å². The predicted molar refractivity (Wildman–Crippen MR) is 128 cm³/mol. The van der Waals surface area contributed by atoms with Crippen LogP contribution in [0.4, 0.5) is 22.4 Å². The summed E-state index contributed by atoms with van der Waals surface area (Å²) in [4.78, 5) is 31.2. The molecule has 0 aliphatic carbocycles. The average Bonchev–Trinajstić information content (AvgIpc) is 3.22. The van der Waals surface area contributed by atoms with Crippen LogP contribution in [0.3, 0.4) is 0 Å². The molecule has 1 unspecified atom stereocenters. The van der Waals surface area contributed by atoms with E-state index in [1.54, 1.807) is 49.8 Å². The minimum Gasteiger partial charge on any atom is -0.335 e. The van der Waals surface area contributed by atoms with Gasteiger partial charge in [0.2, 0.25) is 5.91 Å². The number of alkyl halides is 3. The summed E-state index contributed by atoms with van der Waals surface area (Å²) in [6.45, 7) is 5.94. The lowest BCUT2D eigenvalue weighted by Crippen LogP contribution is -2.57. The van der Waals surface area contributed by atoms with Gasteiger partial charge in [-0.25, -0.2) is 9.18 Å². The largest absolute Gasteiger partial charge is 0.416 e. The van der Waals surface area contributed by atoms with Crippen LogP contribution in [0.1, 0.15) is 66.6 Å². The number of piperazine rings is 1. The van der Waals surface area contributed by atoms with Gasteiger partial charge >= 0.3 is 12.2 Å². The molecule has 9 heteroatoms. The minimum absolute atomic E-state index is 0.0367. The van der Waals surface area contributed by atoms with Crippen LogP contribution in [0, 0.1) is 12.7 Å². The quantitative estimate of drug-likeness (QED) is 0.488. The Kier molecular flexibility index (Phi) is 7.03. The lowest BCUT2D eigenvalue weighted by molar-refractivity contribution is -0.137. The van der Waals surface area contributed by atoms with Crippen molar-refractivity contribution >= 4 is 11.9 Å². The second kappa shape index (κ2) is 9.75. The highest BCUT2D eigenvalue weighted by Crippen LogP contribution is 2.40. The number of halogens is 4. The highest BCUT2D eigenvalue weighted by atomic mass is 19.4. The number of amides is 3. The van der Waals surface area contributed by atoms with Crippen LogP contribution in [-0.2, 0) is 17.4 Å². The maximum Gasteiger partial charge on any atom is 0.416 e. The molecule has 2 saturated heterocycles. The summed E-state index contributed by atoms with van der Waals surface area (Å²) < 4.78 is 54.4. The highest BCUT2D eigenvalue weighted by molar-refractivity contribution is 5.81. The van der Waals surface area contributed by atoms with Gasteiger partial charge < -0.3 is 14.7 Å². The van der Waals surface area contributed by atoms with Gasteiger partial charge in [-0.05, 0) is 73.2 Å². The summed E-state index contributed by atoms with van der Waals surface area (Å²) in [6.07, 6.45) is -3.08. The van der Waals surface area contributed by atoms with Gasteiger partial charge in [0.15, 0.2) is 0 Å². The normalized spacial score (nSPS) is 20.9. The molecule has 2 aliphatic rings. The van der Waals surface area contributed by atoms with Crippen LogP contribution in [-0.4, -0.2) is 52.8 Å². The molecule has 3 amide bonds. The summed E-state index contributed by atoms with van der Waals surface area (Å²) in [5.41, 5.74) is 1.66. The molecule has 0 radical (unpaired) electrons. The number of aryl methyl sites for hydroxylation is 2. The number of hydrogen-bond donors (Lipinski definition) is 0. The van der Waals surface area contributed by atoms with Crippen molar-refractivity contribution in [2.75, 3.05) is 20.1 Å². The van der Waals surface area contributed by atoms with E-state index in [1.165, 1.54) is 17.0 Å². The Morgan fingerprint density at radius 3 is 2.53 bits per heavy atom. The number of benzene rings is 2. The Hall–Kier alpha value is -3.10. The predicted octanol–water partition coefficient (Wildman–Crippen LogP) is 5.88. The second-order valence-corrected chi connectivity index (χ2v) is 9.72. The third-order valence-corrected chi connectivity index (χ3v) is 7.57. The summed E-state index contributed by atoms with van der Waals surface area (Å²) in [5, 5.41) is 0. The molecular formula is C27H31F4N3O2. The lowest BCUT2D eigenvalue weighted by Gasteiger charge is -2.47. The fraction of sp³-hybridized carbons (Fsp3) is 0.481. The van der Waals surface area contributed by atoms with E-state index in [1.807, 2.05) is 0 Å². The molecule has 0 N–H and O–H groups in total. The zero-order valence-corrected chi connectivity index (χ0v) is 20.9. The molecular weight excluding hydrogens is 474 g/mol. The number of rotatable bonds is 4. The third kappa shape index (κ3) is 4.80. The first kappa shape index (κ1) is 26.0. The van der Waals surface area contributed by atoms with E-state index in [9.17, 15) is 27.2 Å². The molecule has 5 nitrogen and oxygen atoms in total. The smallest absolute Gasteiger partial charge is 0.335 e. The van der Waals surface area contributed by atoms with E-state index in [2.05, 4.69) is 0 Å². The molecule has 2 aromatic rings. The second-order valence-electron chi connectivity index (χ2n) is 9.72. The molecule has 0 aromatic heterocycles. The van der Waals surface area contributed by atoms with Gasteiger partial charge in [0, 0.05) is 26.6 Å². The fourth-order valence-electron chi connectivity index (χ4n) is 5.42. The van der Waals surface area contributed by atoms with E-state index >= 15 is 0 Å². The van der Waals surface area contributed by atoms with E-state index in [4.69, 9.17) is 0 Å². The number of nitrogens with zero attached hydrogens (tertiary/aromatic N) is 3. The van der Waals surface area contributed by atoms with Gasteiger partial charge in [0.1, 0.15) is 5.82 Å². The molecule has 2 fully saturated rings. The van der Waals surface area contributed by atoms with Crippen molar-refractivity contribution in [3.63, 3.8) is 0 Å². The Morgan fingerprint density at radius 2 is 1.89 bits per heavy atom. The monoisotopic (exact) mass is 505 g/mol. The molecule has 3 atom stereocenters. The number of urea groups is 1. The Morgan fingerprint density at radius 1 is 1.17 bits per heavy atom. The van der Waals surface area contributed by atoms with E-state index in [0.717, 1.165) is 17.7 Å². The molecule has 194 valence electrons. The molecule has 0 bridgehead atoms. The van der Waals surface area contributed by atoms with Gasteiger partial charge in [0.05, 0.1) is 23.7 Å². The van der Waals surface area contributed by atoms with Gasteiger partial charge in [-0.2, -0.15) is 13.2 Å². The number of carbonyl (C=O) groups excluding carboxylic acids is 2. The number of carbonyl (C=O) groups is 2. The Balaban J connectivity index is 1.68. The first-order valence-electron chi connectivity index (χ1n) is 12.2. The average molecular weight is 506 g/mol. The molecule has 0 spiro atoms. The molecule has 4 rings (SSSR count). The molecule has 2 heterocycles. The van der Waals surface area contributed by atoms with Crippen molar-refractivity contribution in [3.05, 3.63) is 70.0 Å². The summed E-state index contributed by atoms with van der Waals surface area (Å²) in [7, 11) is 1.58. The zero-order valence-electron chi connectivity index (χ0n) is 20.9. The molecule has 36 heavy (non-hydrogen) atoms. The SMILES string of the molecule is CCc1cc([C@@H](C)N(C)C(=O)N2CCN3C(=O)CC[C@H]3C2c2ccc(F)cc2C)cc(C(F)(F)F)c1. The van der Waals surface area contributed by atoms with Crippen molar-refractivity contribution in [1.29, 1.82) is 0 Å². The van der Waals surface area contributed by atoms with E-state index in [-0.39, 0.29) is 30.3 Å².